The fourth-order valence-electron chi connectivity index (χ4n) is 2.22. The second-order valence-electron chi connectivity index (χ2n) is 5.10. The molecular weight excluding hydrogens is 236 g/mol. The van der Waals surface area contributed by atoms with E-state index in [2.05, 4.69) is 13.8 Å². The maximum absolute atomic E-state index is 11.2. The van der Waals surface area contributed by atoms with Gasteiger partial charge in [-0.25, -0.2) is 0 Å². The fraction of sp³-hybridized carbons (Fsp3) is 0.538. The molecule has 0 spiro atoms. The molecule has 1 saturated carbocycles. The molecule has 0 heterocycles. The third-order valence-electron chi connectivity index (χ3n) is 3.55. The summed E-state index contributed by atoms with van der Waals surface area (Å²) in [6, 6.07) is 4.98. The molecule has 17 heavy (non-hydrogen) atoms. The molecule has 0 aromatic heterocycles. The van der Waals surface area contributed by atoms with E-state index in [0.29, 0.717) is 0 Å². The lowest BCUT2D eigenvalue weighted by Gasteiger charge is -2.15. The van der Waals surface area contributed by atoms with Crippen LogP contribution in [0, 0.1) is 0 Å². The van der Waals surface area contributed by atoms with Crippen LogP contribution in [0.2, 0.25) is 0 Å². The summed E-state index contributed by atoms with van der Waals surface area (Å²) < 4.78 is 31.4. The lowest BCUT2D eigenvalue weighted by Crippen LogP contribution is -2.08. The van der Waals surface area contributed by atoms with Gasteiger partial charge in [0.1, 0.15) is 0 Å². The van der Waals surface area contributed by atoms with E-state index in [4.69, 9.17) is 4.55 Å². The van der Waals surface area contributed by atoms with Crippen molar-refractivity contribution < 1.29 is 13.0 Å². The number of aryl methyl sites for hydroxylation is 1. The van der Waals surface area contributed by atoms with E-state index < -0.39 is 10.1 Å². The highest BCUT2D eigenvalue weighted by Gasteiger charge is 2.40. The molecule has 1 aliphatic carbocycles. The van der Waals surface area contributed by atoms with Crippen LogP contribution in [0.15, 0.2) is 23.1 Å². The topological polar surface area (TPSA) is 54.4 Å². The average molecular weight is 254 g/mol. The van der Waals surface area contributed by atoms with E-state index in [-0.39, 0.29) is 10.3 Å². The number of hydrogen-bond acceptors (Lipinski definition) is 2. The van der Waals surface area contributed by atoms with Gasteiger partial charge in [0, 0.05) is 0 Å². The van der Waals surface area contributed by atoms with Crippen LogP contribution in [0.3, 0.4) is 0 Å². The Kier molecular flexibility index (Phi) is 3.04. The SMILES string of the molecule is CCCc1ccc(S(=O)(=O)O)cc1C1(C)CC1. The molecule has 0 saturated heterocycles. The Morgan fingerprint density at radius 1 is 1.35 bits per heavy atom. The summed E-state index contributed by atoms with van der Waals surface area (Å²) in [5, 5.41) is 0. The molecule has 1 aromatic carbocycles. The van der Waals surface area contributed by atoms with Gasteiger partial charge in [0.25, 0.3) is 10.1 Å². The monoisotopic (exact) mass is 254 g/mol. The third kappa shape index (κ3) is 2.53. The van der Waals surface area contributed by atoms with Crippen LogP contribution in [0.5, 0.6) is 0 Å². The second kappa shape index (κ2) is 4.10. The fourth-order valence-corrected chi connectivity index (χ4v) is 2.73. The normalized spacial score (nSPS) is 18.1. The van der Waals surface area contributed by atoms with Crippen molar-refractivity contribution in [3.8, 4) is 0 Å². The third-order valence-corrected chi connectivity index (χ3v) is 4.40. The van der Waals surface area contributed by atoms with Crippen LogP contribution >= 0.6 is 0 Å². The van der Waals surface area contributed by atoms with Gasteiger partial charge in [0.2, 0.25) is 0 Å². The van der Waals surface area contributed by atoms with E-state index in [1.807, 2.05) is 6.07 Å². The van der Waals surface area contributed by atoms with Gasteiger partial charge in [-0.2, -0.15) is 8.42 Å². The van der Waals surface area contributed by atoms with Crippen molar-refractivity contribution >= 4 is 10.1 Å². The summed E-state index contributed by atoms with van der Waals surface area (Å²) in [6.07, 6.45) is 4.18. The van der Waals surface area contributed by atoms with Gasteiger partial charge < -0.3 is 0 Å². The van der Waals surface area contributed by atoms with Crippen LogP contribution in [0.1, 0.15) is 44.2 Å². The quantitative estimate of drug-likeness (QED) is 0.840. The molecule has 0 unspecified atom stereocenters. The Hall–Kier alpha value is -0.870. The zero-order chi connectivity index (χ0) is 12.7. The number of benzene rings is 1. The van der Waals surface area contributed by atoms with Gasteiger partial charge in [0.15, 0.2) is 0 Å². The first-order chi connectivity index (χ1) is 7.87. The Labute approximate surface area is 103 Å². The van der Waals surface area contributed by atoms with Gasteiger partial charge in [-0.1, -0.05) is 26.3 Å². The summed E-state index contributed by atoms with van der Waals surface area (Å²) in [6.45, 7) is 4.25. The van der Waals surface area contributed by atoms with Gasteiger partial charge in [0.05, 0.1) is 4.90 Å². The molecule has 1 fully saturated rings. The van der Waals surface area contributed by atoms with E-state index in [1.165, 1.54) is 11.6 Å². The van der Waals surface area contributed by atoms with E-state index in [1.54, 1.807) is 6.07 Å². The van der Waals surface area contributed by atoms with Crippen LogP contribution in [-0.2, 0) is 22.0 Å². The molecule has 0 radical (unpaired) electrons. The summed E-state index contributed by atoms with van der Waals surface area (Å²) in [4.78, 5) is 0.0143. The molecule has 1 aliphatic rings. The maximum atomic E-state index is 11.2. The second-order valence-corrected chi connectivity index (χ2v) is 6.53. The number of rotatable bonds is 4. The van der Waals surface area contributed by atoms with Crippen molar-refractivity contribution in [2.75, 3.05) is 0 Å². The Morgan fingerprint density at radius 2 is 2.00 bits per heavy atom. The average Bonchev–Trinajstić information content (AvgIpc) is 2.97. The van der Waals surface area contributed by atoms with E-state index in [9.17, 15) is 8.42 Å². The predicted octanol–water partition coefficient (Wildman–Crippen LogP) is 2.94. The minimum Gasteiger partial charge on any atom is -0.282 e. The Balaban J connectivity index is 2.51. The molecule has 4 heteroatoms. The molecule has 0 bridgehead atoms. The molecule has 94 valence electrons. The first kappa shape index (κ1) is 12.6. The van der Waals surface area contributed by atoms with Gasteiger partial charge in [-0.05, 0) is 47.9 Å². The van der Waals surface area contributed by atoms with Crippen LogP contribution < -0.4 is 0 Å². The molecule has 0 atom stereocenters. The van der Waals surface area contributed by atoms with Crippen LogP contribution in [0.25, 0.3) is 0 Å². The molecule has 2 rings (SSSR count). The zero-order valence-electron chi connectivity index (χ0n) is 10.2. The van der Waals surface area contributed by atoms with Crippen molar-refractivity contribution in [3.05, 3.63) is 29.3 Å². The summed E-state index contributed by atoms with van der Waals surface area (Å²) in [5.74, 6) is 0. The first-order valence-corrected chi connectivity index (χ1v) is 7.42. The highest BCUT2D eigenvalue weighted by atomic mass is 32.2. The zero-order valence-corrected chi connectivity index (χ0v) is 11.0. The molecule has 3 nitrogen and oxygen atoms in total. The summed E-state index contributed by atoms with van der Waals surface area (Å²) in [7, 11) is -4.09. The van der Waals surface area contributed by atoms with Crippen molar-refractivity contribution in [2.45, 2.75) is 49.8 Å². The maximum Gasteiger partial charge on any atom is 0.294 e. The molecule has 0 amide bonds. The standard InChI is InChI=1S/C13H18O3S/c1-3-4-10-5-6-11(17(14,15)16)9-12(10)13(2)7-8-13/h5-6,9H,3-4,7-8H2,1-2H3,(H,14,15,16). The minimum absolute atomic E-state index is 0.0143. The lowest BCUT2D eigenvalue weighted by molar-refractivity contribution is 0.483. The van der Waals surface area contributed by atoms with Crippen molar-refractivity contribution in [1.82, 2.24) is 0 Å². The minimum atomic E-state index is -4.09. The van der Waals surface area contributed by atoms with Gasteiger partial charge in [-0.3, -0.25) is 4.55 Å². The van der Waals surface area contributed by atoms with Crippen LogP contribution in [0.4, 0.5) is 0 Å². The smallest absolute Gasteiger partial charge is 0.282 e. The highest BCUT2D eigenvalue weighted by Crippen LogP contribution is 2.49. The van der Waals surface area contributed by atoms with Crippen molar-refractivity contribution in [2.24, 2.45) is 0 Å². The Bertz CT molecular complexity index is 528. The van der Waals surface area contributed by atoms with Gasteiger partial charge in [-0.15, -0.1) is 0 Å². The first-order valence-electron chi connectivity index (χ1n) is 5.98. The van der Waals surface area contributed by atoms with Gasteiger partial charge >= 0.3 is 0 Å². The molecular formula is C13H18O3S. The summed E-state index contributed by atoms with van der Waals surface area (Å²) in [5.41, 5.74) is 2.42. The summed E-state index contributed by atoms with van der Waals surface area (Å²) >= 11 is 0. The number of hydrogen-bond donors (Lipinski definition) is 1. The van der Waals surface area contributed by atoms with Crippen molar-refractivity contribution in [1.29, 1.82) is 0 Å². The van der Waals surface area contributed by atoms with Crippen molar-refractivity contribution in [3.63, 3.8) is 0 Å². The van der Waals surface area contributed by atoms with E-state index >= 15 is 0 Å². The predicted molar refractivity (Wildman–Crippen MR) is 66.8 cm³/mol. The van der Waals surface area contributed by atoms with E-state index in [0.717, 1.165) is 31.2 Å². The van der Waals surface area contributed by atoms with Crippen LogP contribution in [-0.4, -0.2) is 13.0 Å². The molecule has 1 N–H and O–H groups in total. The largest absolute Gasteiger partial charge is 0.294 e. The molecule has 1 aromatic rings. The lowest BCUT2D eigenvalue weighted by atomic mass is 9.91. The highest BCUT2D eigenvalue weighted by molar-refractivity contribution is 7.85. The molecule has 0 aliphatic heterocycles. The Morgan fingerprint density at radius 3 is 2.47 bits per heavy atom.